The Morgan fingerprint density at radius 3 is 2.39 bits per heavy atom. The molecule has 0 amide bonds. The van der Waals surface area contributed by atoms with Crippen LogP contribution in [-0.4, -0.2) is 59.6 Å². The summed E-state index contributed by atoms with van der Waals surface area (Å²) in [5.74, 6) is -0.0412. The summed E-state index contributed by atoms with van der Waals surface area (Å²) in [5.41, 5.74) is 0. The van der Waals surface area contributed by atoms with E-state index in [2.05, 4.69) is 30.6 Å². The molecule has 1 heterocycles. The van der Waals surface area contributed by atoms with Crippen LogP contribution >= 0.6 is 0 Å². The highest BCUT2D eigenvalue weighted by Gasteiger charge is 2.31. The number of nitrogens with zero attached hydrogens (tertiary/aromatic N) is 2. The van der Waals surface area contributed by atoms with Gasteiger partial charge in [-0.15, -0.1) is 0 Å². The molecule has 0 aliphatic carbocycles. The number of carboxylic acid groups (broad SMARTS) is 1. The van der Waals surface area contributed by atoms with Crippen LogP contribution in [0.5, 0.6) is 0 Å². The average Bonchev–Trinajstić information content (AvgIpc) is 2.38. The second-order valence-corrected chi connectivity index (χ2v) is 4.97. The normalized spacial score (nSPS) is 21.6. The largest absolute Gasteiger partial charge is 0.480 e. The maximum atomic E-state index is 11.2. The van der Waals surface area contributed by atoms with Crippen LogP contribution < -0.4 is 0 Å². The lowest BCUT2D eigenvalue weighted by molar-refractivity contribution is -0.145. The van der Waals surface area contributed by atoms with Crippen LogP contribution in [0.25, 0.3) is 0 Å². The first-order valence-electron chi connectivity index (χ1n) is 7.23. The van der Waals surface area contributed by atoms with Crippen molar-refractivity contribution in [1.29, 1.82) is 0 Å². The zero-order valence-corrected chi connectivity index (χ0v) is 12.6. The van der Waals surface area contributed by atoms with Crippen molar-refractivity contribution in [2.24, 2.45) is 5.92 Å². The fraction of sp³-hybridized carbons (Fsp3) is 0.929. The molecule has 1 aliphatic rings. The molecular weight excluding hydrogens is 228 g/mol. The second kappa shape index (κ2) is 9.34. The van der Waals surface area contributed by atoms with E-state index in [0.717, 1.165) is 32.6 Å². The summed E-state index contributed by atoms with van der Waals surface area (Å²) < 4.78 is 0. The number of aliphatic carboxylic acids is 1. The van der Waals surface area contributed by atoms with Gasteiger partial charge in [-0.05, 0) is 25.4 Å². The third kappa shape index (κ3) is 5.83. The van der Waals surface area contributed by atoms with Crippen LogP contribution in [0.4, 0.5) is 0 Å². The third-order valence-electron chi connectivity index (χ3n) is 3.30. The summed E-state index contributed by atoms with van der Waals surface area (Å²) in [7, 11) is 0. The van der Waals surface area contributed by atoms with Crippen molar-refractivity contribution < 1.29 is 9.90 Å². The van der Waals surface area contributed by atoms with Crippen LogP contribution in [0.15, 0.2) is 0 Å². The first kappa shape index (κ1) is 17.4. The second-order valence-electron chi connectivity index (χ2n) is 4.97. The minimum atomic E-state index is -0.679. The zero-order valence-electron chi connectivity index (χ0n) is 12.6. The lowest BCUT2D eigenvalue weighted by atomic mass is 10.1. The minimum Gasteiger partial charge on any atom is -0.480 e. The molecule has 18 heavy (non-hydrogen) atoms. The number of likely N-dealkylation sites (N-methyl/N-ethyl adjacent to an activating group) is 1. The first-order valence-corrected chi connectivity index (χ1v) is 7.23. The van der Waals surface area contributed by atoms with Crippen molar-refractivity contribution in [2.75, 3.05) is 32.7 Å². The Hall–Kier alpha value is -0.610. The van der Waals surface area contributed by atoms with Gasteiger partial charge in [0.05, 0.1) is 0 Å². The smallest absolute Gasteiger partial charge is 0.322 e. The van der Waals surface area contributed by atoms with Gasteiger partial charge < -0.3 is 10.0 Å². The molecule has 0 saturated carbocycles. The molecule has 0 bridgehead atoms. The Bertz CT molecular complexity index is 232. The van der Waals surface area contributed by atoms with E-state index >= 15 is 0 Å². The summed E-state index contributed by atoms with van der Waals surface area (Å²) in [6.07, 6.45) is 1.08. The molecule has 1 rings (SSSR count). The Balaban J connectivity index is 0.00000137. The summed E-state index contributed by atoms with van der Waals surface area (Å²) in [4.78, 5) is 15.5. The highest BCUT2D eigenvalue weighted by atomic mass is 16.4. The van der Waals surface area contributed by atoms with Gasteiger partial charge in [-0.25, -0.2) is 0 Å². The Labute approximate surface area is 112 Å². The molecule has 0 radical (unpaired) electrons. The molecule has 1 unspecified atom stereocenters. The Morgan fingerprint density at radius 1 is 1.33 bits per heavy atom. The van der Waals surface area contributed by atoms with Gasteiger partial charge >= 0.3 is 5.97 Å². The van der Waals surface area contributed by atoms with Crippen LogP contribution in [0.1, 0.15) is 41.0 Å². The van der Waals surface area contributed by atoms with Crippen LogP contribution in [0, 0.1) is 5.92 Å². The predicted octanol–water partition coefficient (Wildman–Crippen LogP) is 2.15. The van der Waals surface area contributed by atoms with Gasteiger partial charge in [-0.1, -0.05) is 34.6 Å². The van der Waals surface area contributed by atoms with Crippen LogP contribution in [0.3, 0.4) is 0 Å². The maximum absolute atomic E-state index is 11.2. The van der Waals surface area contributed by atoms with E-state index in [0.29, 0.717) is 12.5 Å². The molecule has 1 N–H and O–H groups in total. The topological polar surface area (TPSA) is 43.8 Å². The van der Waals surface area contributed by atoms with E-state index in [1.165, 1.54) is 0 Å². The van der Waals surface area contributed by atoms with Gasteiger partial charge in [0.2, 0.25) is 0 Å². The minimum absolute atomic E-state index is 0.313. The molecule has 0 spiro atoms. The summed E-state index contributed by atoms with van der Waals surface area (Å²) in [6, 6.07) is -0.313. The monoisotopic (exact) mass is 258 g/mol. The molecule has 0 aromatic heterocycles. The van der Waals surface area contributed by atoms with E-state index < -0.39 is 5.97 Å². The van der Waals surface area contributed by atoms with Gasteiger partial charge in [0, 0.05) is 19.6 Å². The maximum Gasteiger partial charge on any atom is 0.322 e. The molecule has 0 aromatic carbocycles. The lowest BCUT2D eigenvalue weighted by Gasteiger charge is -2.39. The number of carboxylic acids is 1. The predicted molar refractivity (Wildman–Crippen MR) is 75.9 cm³/mol. The molecule has 0 aromatic rings. The first-order chi connectivity index (χ1) is 8.54. The van der Waals surface area contributed by atoms with Crippen molar-refractivity contribution in [3.63, 3.8) is 0 Å². The van der Waals surface area contributed by atoms with Gasteiger partial charge in [0.15, 0.2) is 0 Å². The molecule has 4 heteroatoms. The van der Waals surface area contributed by atoms with Gasteiger partial charge in [-0.2, -0.15) is 0 Å². The van der Waals surface area contributed by atoms with Gasteiger partial charge in [0.1, 0.15) is 6.04 Å². The number of carbonyl (C=O) groups is 1. The highest BCUT2D eigenvalue weighted by Crippen LogP contribution is 2.12. The highest BCUT2D eigenvalue weighted by molar-refractivity contribution is 5.74. The van der Waals surface area contributed by atoms with Crippen molar-refractivity contribution in [3.05, 3.63) is 0 Å². The summed E-state index contributed by atoms with van der Waals surface area (Å²) in [5, 5.41) is 9.22. The van der Waals surface area contributed by atoms with Gasteiger partial charge in [0.25, 0.3) is 0 Å². The van der Waals surface area contributed by atoms with Gasteiger partial charge in [-0.3, -0.25) is 9.69 Å². The molecule has 4 nitrogen and oxygen atoms in total. The standard InChI is InChI=1S/C12H24N2O2.C2H6/c1-4-13-7-8-14(6-5-10(2)3)11(9-13)12(15)16;1-2/h10-11H,4-9H2,1-3H3,(H,15,16);1-2H3. The van der Waals surface area contributed by atoms with Crippen LogP contribution in [0.2, 0.25) is 0 Å². The molecule has 1 saturated heterocycles. The Kier molecular flexibility index (Phi) is 9.02. The lowest BCUT2D eigenvalue weighted by Crippen LogP contribution is -2.56. The van der Waals surface area contributed by atoms with Crippen molar-refractivity contribution in [3.8, 4) is 0 Å². The number of piperazine rings is 1. The van der Waals surface area contributed by atoms with Crippen molar-refractivity contribution >= 4 is 5.97 Å². The number of hydrogen-bond acceptors (Lipinski definition) is 3. The fourth-order valence-corrected chi connectivity index (χ4v) is 2.09. The van der Waals surface area contributed by atoms with E-state index in [4.69, 9.17) is 0 Å². The van der Waals surface area contributed by atoms with E-state index in [1.54, 1.807) is 0 Å². The molecule has 1 fully saturated rings. The quantitative estimate of drug-likeness (QED) is 0.820. The Morgan fingerprint density at radius 2 is 1.94 bits per heavy atom. The fourth-order valence-electron chi connectivity index (χ4n) is 2.09. The SMILES string of the molecule is CC.CCN1CCN(CCC(C)C)C(C(=O)O)C1. The van der Waals surface area contributed by atoms with E-state index in [1.807, 2.05) is 13.8 Å². The van der Waals surface area contributed by atoms with Crippen molar-refractivity contribution in [1.82, 2.24) is 9.80 Å². The molecule has 1 atom stereocenters. The molecule has 1 aliphatic heterocycles. The van der Waals surface area contributed by atoms with Crippen molar-refractivity contribution in [2.45, 2.75) is 47.1 Å². The molecule has 108 valence electrons. The van der Waals surface area contributed by atoms with Crippen LogP contribution in [-0.2, 0) is 4.79 Å². The summed E-state index contributed by atoms with van der Waals surface area (Å²) in [6.45, 7) is 14.9. The van der Waals surface area contributed by atoms with E-state index in [-0.39, 0.29) is 6.04 Å². The average molecular weight is 258 g/mol. The zero-order chi connectivity index (χ0) is 14.1. The number of rotatable bonds is 5. The number of hydrogen-bond donors (Lipinski definition) is 1. The third-order valence-corrected chi connectivity index (χ3v) is 3.30. The molecular formula is C14H30N2O2. The van der Waals surface area contributed by atoms with E-state index in [9.17, 15) is 9.90 Å². The summed E-state index contributed by atoms with van der Waals surface area (Å²) >= 11 is 0.